The fourth-order valence-electron chi connectivity index (χ4n) is 5.80. The third-order valence-corrected chi connectivity index (χ3v) is 8.15. The van der Waals surface area contributed by atoms with Gasteiger partial charge in [0.25, 0.3) is 0 Å². The summed E-state index contributed by atoms with van der Waals surface area (Å²) in [5, 5.41) is 21.5. The maximum Gasteiger partial charge on any atom is 0.315 e. The largest absolute Gasteiger partial charge is 0.342 e. The van der Waals surface area contributed by atoms with E-state index in [4.69, 9.17) is 0 Å². The number of urea groups is 1. The van der Waals surface area contributed by atoms with E-state index in [1.165, 1.54) is 4.90 Å². The molecule has 0 radical (unpaired) electrons. The molecule has 4 N–H and O–H groups in total. The predicted molar refractivity (Wildman–Crippen MR) is 144 cm³/mol. The Kier molecular flexibility index (Phi) is 7.04. The van der Waals surface area contributed by atoms with Crippen LogP contribution in [0.1, 0.15) is 71.3 Å². The van der Waals surface area contributed by atoms with Gasteiger partial charge in [-0.05, 0) is 48.6 Å². The van der Waals surface area contributed by atoms with Crippen LogP contribution in [0.3, 0.4) is 0 Å². The van der Waals surface area contributed by atoms with Gasteiger partial charge in [-0.1, -0.05) is 51.8 Å². The number of carbonyl (C=O) groups excluding carboxylic acids is 4. The first-order valence-electron chi connectivity index (χ1n) is 14.0. The summed E-state index contributed by atoms with van der Waals surface area (Å²) in [4.78, 5) is 54.7. The van der Waals surface area contributed by atoms with Gasteiger partial charge in [-0.2, -0.15) is 5.26 Å². The van der Waals surface area contributed by atoms with Crippen LogP contribution in [-0.2, 0) is 19.8 Å². The van der Waals surface area contributed by atoms with Gasteiger partial charge < -0.3 is 26.2 Å². The van der Waals surface area contributed by atoms with E-state index in [0.29, 0.717) is 24.4 Å². The van der Waals surface area contributed by atoms with E-state index in [9.17, 15) is 24.4 Å². The second-order valence-corrected chi connectivity index (χ2v) is 12.8. The number of likely N-dealkylation sites (tertiary alicyclic amines) is 1. The van der Waals surface area contributed by atoms with Crippen LogP contribution in [0.25, 0.3) is 0 Å². The molecule has 2 aliphatic carbocycles. The van der Waals surface area contributed by atoms with Crippen molar-refractivity contribution < 1.29 is 19.2 Å². The van der Waals surface area contributed by atoms with Crippen LogP contribution >= 0.6 is 0 Å². The van der Waals surface area contributed by atoms with Crippen LogP contribution in [0, 0.1) is 22.7 Å². The highest BCUT2D eigenvalue weighted by atomic mass is 16.2. The van der Waals surface area contributed by atoms with Crippen LogP contribution in [-0.4, -0.2) is 59.4 Å². The molecule has 2 saturated carbocycles. The van der Waals surface area contributed by atoms with Crippen molar-refractivity contribution in [1.29, 1.82) is 5.26 Å². The summed E-state index contributed by atoms with van der Waals surface area (Å²) in [6, 6.07) is 6.93. The molecule has 4 atom stereocenters. The Morgan fingerprint density at radius 2 is 1.85 bits per heavy atom. The number of rotatable bonds is 8. The molecule has 5 rings (SSSR count). The Morgan fingerprint density at radius 3 is 2.49 bits per heavy atom. The lowest BCUT2D eigenvalue weighted by atomic mass is 9.80. The summed E-state index contributed by atoms with van der Waals surface area (Å²) in [6.45, 7) is 6.01. The molecule has 10 nitrogen and oxygen atoms in total. The third-order valence-electron chi connectivity index (χ3n) is 8.15. The summed E-state index contributed by atoms with van der Waals surface area (Å²) in [7, 11) is 0. The molecule has 1 spiro atoms. The van der Waals surface area contributed by atoms with Crippen molar-refractivity contribution in [3.8, 4) is 6.07 Å². The zero-order valence-corrected chi connectivity index (χ0v) is 22.9. The molecule has 5 amide bonds. The topological polar surface area (TPSA) is 143 Å². The SMILES string of the molecule is CC(C)(C)C[C@H](NC(=O)[C@H](CC1CC1)NC(=O)NC1CC1)C(=O)N1C[C@]2(C[C@H]1C#N)C(=O)Nc1ccccc12. The normalized spacial score (nSPS) is 25.3. The molecule has 1 aromatic rings. The number of hydrogen-bond donors (Lipinski definition) is 4. The van der Waals surface area contributed by atoms with E-state index >= 15 is 0 Å². The molecule has 208 valence electrons. The zero-order chi connectivity index (χ0) is 27.9. The van der Waals surface area contributed by atoms with Crippen molar-refractivity contribution in [2.24, 2.45) is 11.3 Å². The van der Waals surface area contributed by atoms with Crippen molar-refractivity contribution in [2.75, 3.05) is 11.9 Å². The number of hydrogen-bond acceptors (Lipinski definition) is 5. The fourth-order valence-corrected chi connectivity index (χ4v) is 5.80. The smallest absolute Gasteiger partial charge is 0.315 e. The monoisotopic (exact) mass is 534 g/mol. The second kappa shape index (κ2) is 10.2. The highest BCUT2D eigenvalue weighted by molar-refractivity contribution is 6.07. The minimum Gasteiger partial charge on any atom is -0.342 e. The molecule has 3 fully saturated rings. The van der Waals surface area contributed by atoms with Crippen molar-refractivity contribution >= 4 is 29.4 Å². The number of nitrogens with one attached hydrogen (secondary N) is 4. The number of benzene rings is 1. The number of para-hydroxylation sites is 1. The molecule has 0 bridgehead atoms. The van der Waals surface area contributed by atoms with Crippen molar-refractivity contribution in [3.05, 3.63) is 29.8 Å². The number of carbonyl (C=O) groups is 4. The van der Waals surface area contributed by atoms with Gasteiger partial charge in [-0.25, -0.2) is 4.79 Å². The number of amides is 5. The van der Waals surface area contributed by atoms with Gasteiger partial charge in [0.15, 0.2) is 0 Å². The third kappa shape index (κ3) is 5.87. The van der Waals surface area contributed by atoms with Gasteiger partial charge in [-0.3, -0.25) is 14.4 Å². The molecule has 2 heterocycles. The summed E-state index contributed by atoms with van der Waals surface area (Å²) in [6.07, 6.45) is 4.97. The van der Waals surface area contributed by atoms with E-state index in [1.807, 2.05) is 45.0 Å². The minimum absolute atomic E-state index is 0.0664. The van der Waals surface area contributed by atoms with Gasteiger partial charge in [0.1, 0.15) is 18.1 Å². The molecule has 10 heteroatoms. The first kappa shape index (κ1) is 27.0. The molecular formula is C29H38N6O4. The quantitative estimate of drug-likeness (QED) is 0.405. The van der Waals surface area contributed by atoms with Gasteiger partial charge >= 0.3 is 6.03 Å². The van der Waals surface area contributed by atoms with E-state index < -0.39 is 29.4 Å². The lowest BCUT2D eigenvalue weighted by Gasteiger charge is -2.32. The summed E-state index contributed by atoms with van der Waals surface area (Å²) in [5.74, 6) is -0.625. The maximum atomic E-state index is 14.0. The fraction of sp³-hybridized carbons (Fsp3) is 0.621. The molecule has 0 aromatic heterocycles. The molecular weight excluding hydrogens is 496 g/mol. The van der Waals surface area contributed by atoms with Crippen LogP contribution in [0.15, 0.2) is 24.3 Å². The van der Waals surface area contributed by atoms with Crippen LogP contribution in [0.4, 0.5) is 10.5 Å². The lowest BCUT2D eigenvalue weighted by Crippen LogP contribution is -2.57. The Hall–Kier alpha value is -3.61. The van der Waals surface area contributed by atoms with Gasteiger partial charge in [0.2, 0.25) is 17.7 Å². The van der Waals surface area contributed by atoms with Crippen molar-refractivity contribution in [1.82, 2.24) is 20.9 Å². The van der Waals surface area contributed by atoms with Gasteiger partial charge in [0, 0.05) is 24.7 Å². The number of nitriles is 1. The van der Waals surface area contributed by atoms with Gasteiger partial charge in [-0.15, -0.1) is 0 Å². The Bertz CT molecular complexity index is 1210. The highest BCUT2D eigenvalue weighted by Gasteiger charge is 2.56. The average molecular weight is 535 g/mol. The minimum atomic E-state index is -1.00. The van der Waals surface area contributed by atoms with E-state index in [-0.39, 0.29) is 42.3 Å². The van der Waals surface area contributed by atoms with E-state index in [2.05, 4.69) is 27.3 Å². The second-order valence-electron chi connectivity index (χ2n) is 12.8. The average Bonchev–Trinajstić information content (AvgIpc) is 3.80. The molecule has 4 aliphatic rings. The maximum absolute atomic E-state index is 14.0. The van der Waals surface area contributed by atoms with E-state index in [1.54, 1.807) is 0 Å². The first-order valence-corrected chi connectivity index (χ1v) is 14.0. The summed E-state index contributed by atoms with van der Waals surface area (Å²) >= 11 is 0. The predicted octanol–water partition coefficient (Wildman–Crippen LogP) is 2.55. The number of fused-ring (bicyclic) bond motifs is 2. The van der Waals surface area contributed by atoms with Crippen LogP contribution in [0.2, 0.25) is 0 Å². The molecule has 1 saturated heterocycles. The van der Waals surface area contributed by atoms with Crippen LogP contribution in [0.5, 0.6) is 0 Å². The Balaban J connectivity index is 1.36. The lowest BCUT2D eigenvalue weighted by molar-refractivity contribution is -0.138. The number of anilines is 1. The standard InChI is InChI=1S/C29H38N6O4/c1-28(2,3)14-23(32-24(36)22(12-17-8-9-17)34-27(39)31-18-10-11-18)25(37)35-16-29(13-19(35)15-30)20-6-4-5-7-21(20)33-26(29)38/h4-7,17-19,22-23H,8-14,16H2,1-3H3,(H,32,36)(H,33,38)(H2,31,34,39)/t19-,22-,23-,29-/m0/s1. The van der Waals surface area contributed by atoms with Gasteiger partial charge in [0.05, 0.1) is 11.5 Å². The molecule has 39 heavy (non-hydrogen) atoms. The Morgan fingerprint density at radius 1 is 1.13 bits per heavy atom. The van der Waals surface area contributed by atoms with Crippen molar-refractivity contribution in [3.63, 3.8) is 0 Å². The molecule has 0 unspecified atom stereocenters. The summed E-state index contributed by atoms with van der Waals surface area (Å²) < 4.78 is 0. The Labute approximate surface area is 229 Å². The molecule has 2 aliphatic heterocycles. The van der Waals surface area contributed by atoms with E-state index in [0.717, 1.165) is 31.2 Å². The van der Waals surface area contributed by atoms with Crippen LogP contribution < -0.4 is 21.3 Å². The molecule has 1 aromatic carbocycles. The summed E-state index contributed by atoms with van der Waals surface area (Å²) in [5.41, 5.74) is 0.177. The zero-order valence-electron chi connectivity index (χ0n) is 22.9. The van der Waals surface area contributed by atoms with Crippen molar-refractivity contribution in [2.45, 2.75) is 95.3 Å². The number of nitrogens with zero attached hydrogens (tertiary/aromatic N) is 2. The first-order chi connectivity index (χ1) is 18.5. The highest BCUT2D eigenvalue weighted by Crippen LogP contribution is 2.46.